The van der Waals surface area contributed by atoms with Gasteiger partial charge in [-0.25, -0.2) is 0 Å². The summed E-state index contributed by atoms with van der Waals surface area (Å²) in [5, 5.41) is 28.1. The zero-order chi connectivity index (χ0) is 27.2. The largest absolute Gasteiger partial charge is 0.322 e. The molecule has 1 atom stereocenters. The van der Waals surface area contributed by atoms with Gasteiger partial charge in [-0.1, -0.05) is 35.9 Å². The summed E-state index contributed by atoms with van der Waals surface area (Å²) in [6.07, 6.45) is 0. The zero-order valence-corrected chi connectivity index (χ0v) is 22.1. The Bertz CT molecular complexity index is 1540. The van der Waals surface area contributed by atoms with Crippen LogP contribution >= 0.6 is 23.1 Å². The summed E-state index contributed by atoms with van der Waals surface area (Å²) in [6, 6.07) is 22.5. The van der Waals surface area contributed by atoms with Crippen LogP contribution in [0.4, 0.5) is 16.4 Å². The number of nitriles is 1. The molecule has 0 bridgehead atoms. The number of nitro groups is 1. The normalized spacial score (nSPS) is 11.3. The second-order valence-corrected chi connectivity index (χ2v) is 10.7. The van der Waals surface area contributed by atoms with Gasteiger partial charge in [-0.05, 0) is 49.7 Å². The Kier molecular flexibility index (Phi) is 8.21. The molecule has 0 aliphatic carbocycles. The minimum absolute atomic E-state index is 0.0944. The van der Waals surface area contributed by atoms with Crippen LogP contribution in [0, 0.1) is 28.4 Å². The minimum Gasteiger partial charge on any atom is -0.322 e. The van der Waals surface area contributed by atoms with E-state index in [1.807, 2.05) is 42.6 Å². The first kappa shape index (κ1) is 26.6. The van der Waals surface area contributed by atoms with Gasteiger partial charge in [-0.2, -0.15) is 5.26 Å². The maximum atomic E-state index is 12.9. The lowest BCUT2D eigenvalue weighted by Gasteiger charge is -2.13. The van der Waals surface area contributed by atoms with Crippen LogP contribution in [0.3, 0.4) is 0 Å². The van der Waals surface area contributed by atoms with Crippen molar-refractivity contribution in [2.75, 3.05) is 10.6 Å². The highest BCUT2D eigenvalue weighted by atomic mass is 32.2. The third kappa shape index (κ3) is 6.26. The van der Waals surface area contributed by atoms with E-state index in [1.165, 1.54) is 47.4 Å². The molecule has 8 nitrogen and oxygen atoms in total. The summed E-state index contributed by atoms with van der Waals surface area (Å²) in [4.78, 5) is 36.5. The minimum atomic E-state index is -0.526. The molecule has 0 radical (unpaired) electrons. The standard InChI is InChI=1S/C28H22N4O4S2/c1-17-6-8-19(9-7-17)25-16-37-28(24(25)15-29)31-26(33)18(2)38-23-5-3-4-21(14-23)30-27(34)20-10-12-22(13-11-20)32(35)36/h3-14,16,18H,1-2H3,(H,30,34)(H,31,33). The zero-order valence-electron chi connectivity index (χ0n) is 20.4. The quantitative estimate of drug-likeness (QED) is 0.142. The molecular weight excluding hydrogens is 520 g/mol. The van der Waals surface area contributed by atoms with Gasteiger partial charge in [0.1, 0.15) is 11.1 Å². The number of thiophene rings is 1. The number of benzene rings is 3. The summed E-state index contributed by atoms with van der Waals surface area (Å²) < 4.78 is 0. The molecule has 0 aliphatic rings. The number of anilines is 2. The summed E-state index contributed by atoms with van der Waals surface area (Å²) in [7, 11) is 0. The number of hydrogen-bond acceptors (Lipinski definition) is 7. The van der Waals surface area contributed by atoms with Gasteiger partial charge in [-0.3, -0.25) is 19.7 Å². The van der Waals surface area contributed by atoms with Gasteiger partial charge in [0.25, 0.3) is 11.6 Å². The third-order valence-electron chi connectivity index (χ3n) is 5.62. The number of nitrogens with zero attached hydrogens (tertiary/aromatic N) is 2. The van der Waals surface area contributed by atoms with Crippen molar-refractivity contribution >= 4 is 51.3 Å². The number of rotatable bonds is 8. The fourth-order valence-electron chi connectivity index (χ4n) is 3.56. The number of aryl methyl sites for hydroxylation is 1. The van der Waals surface area contributed by atoms with Crippen LogP contribution in [-0.2, 0) is 4.79 Å². The van der Waals surface area contributed by atoms with Gasteiger partial charge in [0.15, 0.2) is 0 Å². The van der Waals surface area contributed by atoms with Crippen molar-refractivity contribution in [1.29, 1.82) is 5.26 Å². The van der Waals surface area contributed by atoms with Crippen LogP contribution in [0.15, 0.2) is 83.1 Å². The maximum absolute atomic E-state index is 12.9. The predicted octanol–water partition coefficient (Wildman–Crippen LogP) is 6.88. The van der Waals surface area contributed by atoms with Crippen LogP contribution in [0.1, 0.15) is 28.4 Å². The molecule has 0 saturated heterocycles. The van der Waals surface area contributed by atoms with Crippen molar-refractivity contribution in [2.24, 2.45) is 0 Å². The summed E-state index contributed by atoms with van der Waals surface area (Å²) >= 11 is 2.63. The van der Waals surface area contributed by atoms with Gasteiger partial charge in [-0.15, -0.1) is 23.1 Å². The molecule has 2 amide bonds. The van der Waals surface area contributed by atoms with E-state index >= 15 is 0 Å². The van der Waals surface area contributed by atoms with E-state index in [0.717, 1.165) is 21.6 Å². The Morgan fingerprint density at radius 2 is 1.76 bits per heavy atom. The van der Waals surface area contributed by atoms with Crippen LogP contribution in [0.25, 0.3) is 11.1 Å². The summed E-state index contributed by atoms with van der Waals surface area (Å²) in [5.74, 6) is -0.650. The maximum Gasteiger partial charge on any atom is 0.269 e. The number of carbonyl (C=O) groups excluding carboxylic acids is 2. The highest BCUT2D eigenvalue weighted by Crippen LogP contribution is 2.36. The third-order valence-corrected chi connectivity index (χ3v) is 7.61. The lowest BCUT2D eigenvalue weighted by molar-refractivity contribution is -0.384. The molecule has 3 aromatic carbocycles. The molecule has 38 heavy (non-hydrogen) atoms. The molecule has 1 aromatic heterocycles. The lowest BCUT2D eigenvalue weighted by Crippen LogP contribution is -2.22. The number of carbonyl (C=O) groups is 2. The monoisotopic (exact) mass is 542 g/mol. The van der Waals surface area contributed by atoms with Gasteiger partial charge in [0.2, 0.25) is 5.91 Å². The van der Waals surface area contributed by atoms with E-state index in [0.29, 0.717) is 16.3 Å². The molecule has 0 saturated carbocycles. The van der Waals surface area contributed by atoms with Gasteiger partial charge < -0.3 is 10.6 Å². The Balaban J connectivity index is 1.40. The van der Waals surface area contributed by atoms with Crippen molar-refractivity contribution in [2.45, 2.75) is 24.0 Å². The van der Waals surface area contributed by atoms with Crippen molar-refractivity contribution in [3.63, 3.8) is 0 Å². The average molecular weight is 543 g/mol. The van der Waals surface area contributed by atoms with Crippen LogP contribution in [0.5, 0.6) is 0 Å². The first-order valence-electron chi connectivity index (χ1n) is 11.5. The van der Waals surface area contributed by atoms with Gasteiger partial charge in [0.05, 0.1) is 15.7 Å². The number of thioether (sulfide) groups is 1. The van der Waals surface area contributed by atoms with Crippen LogP contribution < -0.4 is 10.6 Å². The van der Waals surface area contributed by atoms with E-state index in [4.69, 9.17) is 0 Å². The lowest BCUT2D eigenvalue weighted by atomic mass is 10.0. The van der Waals surface area contributed by atoms with Gasteiger partial charge >= 0.3 is 0 Å². The molecular formula is C28H22N4O4S2. The summed E-state index contributed by atoms with van der Waals surface area (Å²) in [6.45, 7) is 3.76. The Morgan fingerprint density at radius 3 is 2.42 bits per heavy atom. The van der Waals surface area contributed by atoms with E-state index < -0.39 is 16.1 Å². The number of hydrogen-bond donors (Lipinski definition) is 2. The molecule has 10 heteroatoms. The topological polar surface area (TPSA) is 125 Å². The molecule has 0 fully saturated rings. The van der Waals surface area contributed by atoms with Crippen molar-refractivity contribution < 1.29 is 14.5 Å². The Labute approximate surface area is 227 Å². The predicted molar refractivity (Wildman–Crippen MR) is 151 cm³/mol. The number of nitrogens with one attached hydrogen (secondary N) is 2. The Hall–Kier alpha value is -4.46. The summed E-state index contributed by atoms with van der Waals surface area (Å²) in [5.41, 5.74) is 3.97. The van der Waals surface area contributed by atoms with Crippen molar-refractivity contribution in [3.05, 3.63) is 105 Å². The number of amides is 2. The number of non-ortho nitro benzene ring substituents is 1. The molecule has 1 heterocycles. The fraction of sp³-hybridized carbons (Fsp3) is 0.107. The first-order chi connectivity index (χ1) is 18.2. The van der Waals surface area contributed by atoms with E-state index in [9.17, 15) is 25.0 Å². The average Bonchev–Trinajstić information content (AvgIpc) is 3.31. The molecule has 1 unspecified atom stereocenters. The van der Waals surface area contributed by atoms with Crippen molar-refractivity contribution in [1.82, 2.24) is 0 Å². The second-order valence-electron chi connectivity index (χ2n) is 8.37. The fourth-order valence-corrected chi connectivity index (χ4v) is 5.41. The van der Waals surface area contributed by atoms with Crippen molar-refractivity contribution in [3.8, 4) is 17.2 Å². The highest BCUT2D eigenvalue weighted by Gasteiger charge is 2.20. The van der Waals surface area contributed by atoms with Gasteiger partial charge in [0, 0.05) is 39.2 Å². The van der Waals surface area contributed by atoms with Crippen LogP contribution in [-0.4, -0.2) is 22.0 Å². The first-order valence-corrected chi connectivity index (χ1v) is 13.2. The van der Waals surface area contributed by atoms with E-state index in [2.05, 4.69) is 16.7 Å². The molecule has 190 valence electrons. The highest BCUT2D eigenvalue weighted by molar-refractivity contribution is 8.00. The van der Waals surface area contributed by atoms with E-state index in [1.54, 1.807) is 25.1 Å². The number of nitro benzene ring substituents is 1. The second kappa shape index (κ2) is 11.7. The SMILES string of the molecule is Cc1ccc(-c2csc(NC(=O)C(C)Sc3cccc(NC(=O)c4ccc([N+](=O)[O-])cc4)c3)c2C#N)cc1. The molecule has 0 spiro atoms. The van der Waals surface area contributed by atoms with Crippen LogP contribution in [0.2, 0.25) is 0 Å². The Morgan fingerprint density at radius 1 is 1.05 bits per heavy atom. The molecule has 4 aromatic rings. The molecule has 0 aliphatic heterocycles. The van der Waals surface area contributed by atoms with E-state index in [-0.39, 0.29) is 17.2 Å². The molecule has 2 N–H and O–H groups in total. The molecule has 4 rings (SSSR count). The smallest absolute Gasteiger partial charge is 0.269 e.